The van der Waals surface area contributed by atoms with Gasteiger partial charge in [0.15, 0.2) is 0 Å². The molecule has 0 atom stereocenters. The van der Waals surface area contributed by atoms with Crippen LogP contribution in [0.3, 0.4) is 0 Å². The van der Waals surface area contributed by atoms with E-state index in [1.165, 1.54) is 12.8 Å². The van der Waals surface area contributed by atoms with E-state index in [-0.39, 0.29) is 5.91 Å². The van der Waals surface area contributed by atoms with Gasteiger partial charge in [0.05, 0.1) is 10.7 Å². The van der Waals surface area contributed by atoms with E-state index < -0.39 is 0 Å². The van der Waals surface area contributed by atoms with E-state index in [2.05, 4.69) is 10.2 Å². The van der Waals surface area contributed by atoms with Gasteiger partial charge in [-0.1, -0.05) is 42.6 Å². The minimum atomic E-state index is 0.0303. The van der Waals surface area contributed by atoms with Gasteiger partial charge >= 0.3 is 0 Å². The van der Waals surface area contributed by atoms with Crippen LogP contribution in [0, 0.1) is 0 Å². The largest absolute Gasteiger partial charge is 0.337 e. The number of benzene rings is 1. The lowest BCUT2D eigenvalue weighted by Crippen LogP contribution is -2.32. The molecule has 1 aromatic heterocycles. The summed E-state index contributed by atoms with van der Waals surface area (Å²) < 4.78 is 0. The standard InChI is InChI=1S/C16H18ClN3O/c17-13-8-4-3-7-12(13)14-11-15(19-18-14)16(21)20-9-5-1-2-6-10-20/h3-4,7-8,11H,1-2,5-6,9-10H2,(H,18,19). The molecule has 0 unspecified atom stereocenters. The number of rotatable bonds is 2. The van der Waals surface area contributed by atoms with Gasteiger partial charge in [-0.2, -0.15) is 5.10 Å². The van der Waals surface area contributed by atoms with Crippen LogP contribution in [0.15, 0.2) is 30.3 Å². The number of aromatic amines is 1. The number of H-pyrrole nitrogens is 1. The molecule has 21 heavy (non-hydrogen) atoms. The topological polar surface area (TPSA) is 49.0 Å². The molecule has 0 spiro atoms. The number of halogens is 1. The summed E-state index contributed by atoms with van der Waals surface area (Å²) in [4.78, 5) is 14.4. The molecule has 5 heteroatoms. The van der Waals surface area contributed by atoms with E-state index in [1.807, 2.05) is 29.2 Å². The van der Waals surface area contributed by atoms with Gasteiger partial charge in [0.25, 0.3) is 5.91 Å². The first kappa shape index (κ1) is 14.1. The van der Waals surface area contributed by atoms with Gasteiger partial charge in [0.2, 0.25) is 0 Å². The number of carbonyl (C=O) groups excluding carboxylic acids is 1. The van der Waals surface area contributed by atoms with Gasteiger partial charge in [0, 0.05) is 18.7 Å². The van der Waals surface area contributed by atoms with Crippen molar-refractivity contribution in [2.24, 2.45) is 0 Å². The summed E-state index contributed by atoms with van der Waals surface area (Å²) in [6.07, 6.45) is 4.57. The molecule has 0 saturated carbocycles. The summed E-state index contributed by atoms with van der Waals surface area (Å²) in [6, 6.07) is 9.29. The minimum absolute atomic E-state index is 0.0303. The van der Waals surface area contributed by atoms with Crippen molar-refractivity contribution in [3.63, 3.8) is 0 Å². The second kappa shape index (κ2) is 6.31. The Morgan fingerprint density at radius 3 is 2.57 bits per heavy atom. The van der Waals surface area contributed by atoms with E-state index in [1.54, 1.807) is 6.07 Å². The van der Waals surface area contributed by atoms with Crippen LogP contribution in [0.4, 0.5) is 0 Å². The van der Waals surface area contributed by atoms with Gasteiger partial charge < -0.3 is 4.90 Å². The van der Waals surface area contributed by atoms with E-state index in [4.69, 9.17) is 11.6 Å². The van der Waals surface area contributed by atoms with Crippen molar-refractivity contribution in [3.05, 3.63) is 41.0 Å². The zero-order chi connectivity index (χ0) is 14.7. The fraction of sp³-hybridized carbons (Fsp3) is 0.375. The fourth-order valence-corrected chi connectivity index (χ4v) is 2.91. The van der Waals surface area contributed by atoms with Crippen LogP contribution in [0.2, 0.25) is 5.02 Å². The molecule has 1 aliphatic rings. The van der Waals surface area contributed by atoms with Gasteiger partial charge in [-0.15, -0.1) is 0 Å². The Bertz CT molecular complexity index is 630. The number of amides is 1. The molecule has 0 bridgehead atoms. The number of carbonyl (C=O) groups is 1. The molecule has 110 valence electrons. The molecule has 1 N–H and O–H groups in total. The third-order valence-electron chi connectivity index (χ3n) is 3.85. The molecular formula is C16H18ClN3O. The lowest BCUT2D eigenvalue weighted by molar-refractivity contribution is 0.0755. The number of hydrogen-bond acceptors (Lipinski definition) is 2. The van der Waals surface area contributed by atoms with Crippen molar-refractivity contribution in [3.8, 4) is 11.3 Å². The molecule has 1 aliphatic heterocycles. The fourth-order valence-electron chi connectivity index (χ4n) is 2.68. The summed E-state index contributed by atoms with van der Waals surface area (Å²) in [5.41, 5.74) is 2.08. The van der Waals surface area contributed by atoms with E-state index in [0.717, 1.165) is 31.5 Å². The maximum Gasteiger partial charge on any atom is 0.271 e. The van der Waals surface area contributed by atoms with Crippen LogP contribution in [0.5, 0.6) is 0 Å². The second-order valence-corrected chi connectivity index (χ2v) is 5.76. The molecule has 0 radical (unpaired) electrons. The predicted octanol–water partition coefficient (Wildman–Crippen LogP) is 3.75. The summed E-state index contributed by atoms with van der Waals surface area (Å²) in [5.74, 6) is 0.0303. The Labute approximate surface area is 129 Å². The number of nitrogens with one attached hydrogen (secondary N) is 1. The Morgan fingerprint density at radius 2 is 1.86 bits per heavy atom. The number of aromatic nitrogens is 2. The minimum Gasteiger partial charge on any atom is -0.337 e. The molecule has 2 aromatic rings. The van der Waals surface area contributed by atoms with Crippen molar-refractivity contribution >= 4 is 17.5 Å². The lowest BCUT2D eigenvalue weighted by atomic mass is 10.1. The highest BCUT2D eigenvalue weighted by Crippen LogP contribution is 2.26. The first-order valence-electron chi connectivity index (χ1n) is 7.35. The average Bonchev–Trinajstić information content (AvgIpc) is 2.82. The molecule has 1 saturated heterocycles. The van der Waals surface area contributed by atoms with Crippen molar-refractivity contribution in [2.75, 3.05) is 13.1 Å². The number of hydrogen-bond donors (Lipinski definition) is 1. The zero-order valence-electron chi connectivity index (χ0n) is 11.8. The second-order valence-electron chi connectivity index (χ2n) is 5.35. The highest BCUT2D eigenvalue weighted by Gasteiger charge is 2.20. The molecule has 4 nitrogen and oxygen atoms in total. The van der Waals surface area contributed by atoms with Gasteiger partial charge in [-0.3, -0.25) is 9.89 Å². The quantitative estimate of drug-likeness (QED) is 0.918. The monoisotopic (exact) mass is 303 g/mol. The third-order valence-corrected chi connectivity index (χ3v) is 4.18. The summed E-state index contributed by atoms with van der Waals surface area (Å²) in [5, 5.41) is 7.72. The van der Waals surface area contributed by atoms with Gasteiger partial charge in [0.1, 0.15) is 5.69 Å². The van der Waals surface area contributed by atoms with Crippen molar-refractivity contribution in [1.29, 1.82) is 0 Å². The Morgan fingerprint density at radius 1 is 1.14 bits per heavy atom. The third kappa shape index (κ3) is 3.10. The first-order valence-corrected chi connectivity index (χ1v) is 7.73. The van der Waals surface area contributed by atoms with Crippen LogP contribution in [-0.2, 0) is 0 Å². The number of likely N-dealkylation sites (tertiary alicyclic amines) is 1. The van der Waals surface area contributed by atoms with Crippen LogP contribution in [0.1, 0.15) is 36.2 Å². The molecule has 1 fully saturated rings. The molecular weight excluding hydrogens is 286 g/mol. The first-order chi connectivity index (χ1) is 10.3. The molecule has 0 aliphatic carbocycles. The van der Waals surface area contributed by atoms with Crippen LogP contribution >= 0.6 is 11.6 Å². The van der Waals surface area contributed by atoms with Crippen molar-refractivity contribution in [1.82, 2.24) is 15.1 Å². The highest BCUT2D eigenvalue weighted by molar-refractivity contribution is 6.33. The Kier molecular flexibility index (Phi) is 4.25. The van der Waals surface area contributed by atoms with Crippen LogP contribution in [-0.4, -0.2) is 34.1 Å². The van der Waals surface area contributed by atoms with Crippen LogP contribution in [0.25, 0.3) is 11.3 Å². The maximum absolute atomic E-state index is 12.5. The summed E-state index contributed by atoms with van der Waals surface area (Å²) >= 11 is 6.17. The predicted molar refractivity (Wildman–Crippen MR) is 83.4 cm³/mol. The van der Waals surface area contributed by atoms with Crippen molar-refractivity contribution in [2.45, 2.75) is 25.7 Å². The van der Waals surface area contributed by atoms with E-state index in [9.17, 15) is 4.79 Å². The lowest BCUT2D eigenvalue weighted by Gasteiger charge is -2.18. The average molecular weight is 304 g/mol. The van der Waals surface area contributed by atoms with Crippen molar-refractivity contribution < 1.29 is 4.79 Å². The number of nitrogens with zero attached hydrogens (tertiary/aromatic N) is 2. The van der Waals surface area contributed by atoms with Crippen LogP contribution < -0.4 is 0 Å². The SMILES string of the molecule is O=C(c1cc(-c2ccccc2Cl)n[nH]1)N1CCCCCC1. The molecule has 1 amide bonds. The summed E-state index contributed by atoms with van der Waals surface area (Å²) in [7, 11) is 0. The molecule has 1 aromatic carbocycles. The maximum atomic E-state index is 12.5. The smallest absolute Gasteiger partial charge is 0.271 e. The van der Waals surface area contributed by atoms with E-state index >= 15 is 0 Å². The normalized spacial score (nSPS) is 15.8. The summed E-state index contributed by atoms with van der Waals surface area (Å²) in [6.45, 7) is 1.67. The zero-order valence-corrected chi connectivity index (χ0v) is 12.6. The Hall–Kier alpha value is -1.81. The molecule has 3 rings (SSSR count). The van der Waals surface area contributed by atoms with Gasteiger partial charge in [-0.05, 0) is 25.0 Å². The van der Waals surface area contributed by atoms with E-state index in [0.29, 0.717) is 16.4 Å². The molecule has 2 heterocycles. The Balaban J connectivity index is 1.81. The highest BCUT2D eigenvalue weighted by atomic mass is 35.5. The van der Waals surface area contributed by atoms with Gasteiger partial charge in [-0.25, -0.2) is 0 Å².